The number of carbonyl (C=O) groups is 1. The van der Waals surface area contributed by atoms with Crippen molar-refractivity contribution in [3.63, 3.8) is 0 Å². The zero-order valence-electron chi connectivity index (χ0n) is 16.0. The van der Waals surface area contributed by atoms with Crippen LogP contribution in [0.25, 0.3) is 0 Å². The summed E-state index contributed by atoms with van der Waals surface area (Å²) in [5.74, 6) is -0.224. The van der Waals surface area contributed by atoms with Gasteiger partial charge in [-0.05, 0) is 67.6 Å². The Labute approximate surface area is 175 Å². The molecule has 2 amide bonds. The highest BCUT2D eigenvalue weighted by atomic mass is 35.5. The third-order valence-electron chi connectivity index (χ3n) is 5.07. The Balaban J connectivity index is 1.50. The van der Waals surface area contributed by atoms with Crippen molar-refractivity contribution < 1.29 is 17.6 Å². The lowest BCUT2D eigenvalue weighted by molar-refractivity contribution is 0.183. The van der Waals surface area contributed by atoms with E-state index in [-0.39, 0.29) is 22.7 Å². The first-order valence-electron chi connectivity index (χ1n) is 9.32. The van der Waals surface area contributed by atoms with Crippen molar-refractivity contribution in [3.05, 3.63) is 58.9 Å². The number of nitrogens with zero attached hydrogens (tertiary/aromatic N) is 1. The molecule has 2 N–H and O–H groups in total. The Hall–Kier alpha value is -2.16. The molecule has 1 aliphatic heterocycles. The fourth-order valence-electron chi connectivity index (χ4n) is 3.26. The van der Waals surface area contributed by atoms with Crippen molar-refractivity contribution in [2.75, 3.05) is 25.0 Å². The van der Waals surface area contributed by atoms with Crippen LogP contribution in [0.2, 0.25) is 5.02 Å². The number of nitrogens with one attached hydrogen (secondary N) is 2. The number of hydrogen-bond donors (Lipinski definition) is 2. The van der Waals surface area contributed by atoms with E-state index in [1.54, 1.807) is 24.0 Å². The van der Waals surface area contributed by atoms with Gasteiger partial charge in [-0.3, -0.25) is 0 Å². The van der Waals surface area contributed by atoms with E-state index in [4.69, 9.17) is 11.6 Å². The quantitative estimate of drug-likeness (QED) is 0.738. The Bertz CT molecular complexity index is 975. The molecular weight excluding hydrogens is 417 g/mol. The van der Waals surface area contributed by atoms with E-state index in [1.165, 1.54) is 30.3 Å². The molecule has 1 heterocycles. The van der Waals surface area contributed by atoms with E-state index >= 15 is 0 Å². The van der Waals surface area contributed by atoms with Gasteiger partial charge < -0.3 is 10.2 Å². The SMILES string of the molecule is Cc1c(Cl)cccc1S(=O)(=O)NCC1CCN(C(=O)Nc2ccc(F)cc2)CC1. The minimum atomic E-state index is -3.64. The van der Waals surface area contributed by atoms with Gasteiger partial charge in [0.15, 0.2) is 0 Å². The molecule has 0 atom stereocenters. The predicted octanol–water partition coefficient (Wildman–Crippen LogP) is 4.01. The van der Waals surface area contributed by atoms with Crippen LogP contribution in [0.3, 0.4) is 0 Å². The molecule has 0 unspecified atom stereocenters. The molecule has 3 rings (SSSR count). The highest BCUT2D eigenvalue weighted by Crippen LogP contribution is 2.23. The van der Waals surface area contributed by atoms with Gasteiger partial charge in [0.1, 0.15) is 5.82 Å². The van der Waals surface area contributed by atoms with Crippen molar-refractivity contribution in [1.82, 2.24) is 9.62 Å². The van der Waals surface area contributed by atoms with Crippen LogP contribution in [0.4, 0.5) is 14.9 Å². The maximum Gasteiger partial charge on any atom is 0.321 e. The lowest BCUT2D eigenvalue weighted by atomic mass is 9.97. The smallest absolute Gasteiger partial charge is 0.321 e. The Morgan fingerprint density at radius 2 is 1.83 bits per heavy atom. The third kappa shape index (κ3) is 5.46. The first-order valence-corrected chi connectivity index (χ1v) is 11.2. The van der Waals surface area contributed by atoms with Gasteiger partial charge in [-0.2, -0.15) is 0 Å². The maximum absolute atomic E-state index is 12.9. The van der Waals surface area contributed by atoms with Crippen molar-refractivity contribution in [3.8, 4) is 0 Å². The summed E-state index contributed by atoms with van der Waals surface area (Å²) in [5, 5.41) is 3.15. The molecule has 1 fully saturated rings. The minimum absolute atomic E-state index is 0.138. The highest BCUT2D eigenvalue weighted by Gasteiger charge is 2.25. The number of benzene rings is 2. The Kier molecular flexibility index (Phi) is 6.77. The number of piperidine rings is 1. The molecule has 2 aromatic rings. The summed E-state index contributed by atoms with van der Waals surface area (Å²) in [7, 11) is -3.64. The molecule has 0 saturated carbocycles. The summed E-state index contributed by atoms with van der Waals surface area (Å²) in [6.07, 6.45) is 1.38. The van der Waals surface area contributed by atoms with Crippen LogP contribution in [0.15, 0.2) is 47.4 Å². The van der Waals surface area contributed by atoms with E-state index < -0.39 is 10.0 Å². The number of halogens is 2. The topological polar surface area (TPSA) is 78.5 Å². The van der Waals surface area contributed by atoms with Gasteiger partial charge in [0, 0.05) is 30.3 Å². The van der Waals surface area contributed by atoms with Gasteiger partial charge in [-0.15, -0.1) is 0 Å². The number of amides is 2. The number of hydrogen-bond acceptors (Lipinski definition) is 3. The molecule has 0 aromatic heterocycles. The van der Waals surface area contributed by atoms with Crippen LogP contribution >= 0.6 is 11.6 Å². The standard InChI is InChI=1S/C20H23ClFN3O3S/c1-14-18(21)3-2-4-19(14)29(27,28)23-13-15-9-11-25(12-10-15)20(26)24-17-7-5-16(22)6-8-17/h2-8,15,23H,9-13H2,1H3,(H,24,26). The van der Waals surface area contributed by atoms with E-state index in [9.17, 15) is 17.6 Å². The molecule has 0 bridgehead atoms. The zero-order valence-corrected chi connectivity index (χ0v) is 17.6. The summed E-state index contributed by atoms with van der Waals surface area (Å²) >= 11 is 6.03. The van der Waals surface area contributed by atoms with Crippen molar-refractivity contribution in [2.24, 2.45) is 5.92 Å². The molecule has 0 radical (unpaired) electrons. The summed E-state index contributed by atoms with van der Waals surface area (Å²) in [6.45, 7) is 3.03. The van der Waals surface area contributed by atoms with Crippen molar-refractivity contribution >= 4 is 33.3 Å². The summed E-state index contributed by atoms with van der Waals surface area (Å²) in [4.78, 5) is 14.2. The fraction of sp³-hybridized carbons (Fsp3) is 0.350. The van der Waals surface area contributed by atoms with Crippen molar-refractivity contribution in [2.45, 2.75) is 24.7 Å². The molecule has 29 heavy (non-hydrogen) atoms. The first kappa shape index (κ1) is 21.5. The lowest BCUT2D eigenvalue weighted by Gasteiger charge is -2.32. The van der Waals surface area contributed by atoms with Crippen LogP contribution in [0, 0.1) is 18.7 Å². The van der Waals surface area contributed by atoms with Crippen LogP contribution < -0.4 is 10.0 Å². The van der Waals surface area contributed by atoms with Gasteiger partial charge >= 0.3 is 6.03 Å². The zero-order chi connectivity index (χ0) is 21.0. The molecule has 0 aliphatic carbocycles. The molecule has 0 spiro atoms. The molecule has 1 aliphatic rings. The lowest BCUT2D eigenvalue weighted by Crippen LogP contribution is -2.43. The fourth-order valence-corrected chi connectivity index (χ4v) is 4.87. The maximum atomic E-state index is 12.9. The van der Waals surface area contributed by atoms with Gasteiger partial charge in [0.25, 0.3) is 0 Å². The normalized spacial score (nSPS) is 15.3. The van der Waals surface area contributed by atoms with E-state index in [0.29, 0.717) is 48.7 Å². The summed E-state index contributed by atoms with van der Waals surface area (Å²) < 4.78 is 40.8. The van der Waals surface area contributed by atoms with Gasteiger partial charge in [-0.25, -0.2) is 22.3 Å². The van der Waals surface area contributed by atoms with E-state index in [0.717, 1.165) is 0 Å². The molecule has 9 heteroatoms. The summed E-state index contributed by atoms with van der Waals surface area (Å²) in [5.41, 5.74) is 1.05. The van der Waals surface area contributed by atoms with Crippen LogP contribution in [0.5, 0.6) is 0 Å². The average Bonchev–Trinajstić information content (AvgIpc) is 2.70. The second-order valence-corrected chi connectivity index (χ2v) is 9.22. The molecule has 156 valence electrons. The van der Waals surface area contributed by atoms with Gasteiger partial charge in [0.2, 0.25) is 10.0 Å². The Morgan fingerprint density at radius 1 is 1.17 bits per heavy atom. The van der Waals surface area contributed by atoms with Gasteiger partial charge in [-0.1, -0.05) is 17.7 Å². The van der Waals surface area contributed by atoms with Crippen molar-refractivity contribution in [1.29, 1.82) is 0 Å². The second kappa shape index (κ2) is 9.11. The summed E-state index contributed by atoms with van der Waals surface area (Å²) in [6, 6.07) is 10.1. The first-order chi connectivity index (χ1) is 13.8. The van der Waals surface area contributed by atoms with Gasteiger partial charge in [0.05, 0.1) is 4.90 Å². The molecular formula is C20H23ClFN3O3S. The Morgan fingerprint density at radius 3 is 2.48 bits per heavy atom. The largest absolute Gasteiger partial charge is 0.325 e. The molecule has 2 aromatic carbocycles. The number of likely N-dealkylation sites (tertiary alicyclic amines) is 1. The van der Waals surface area contributed by atoms with Crippen LogP contribution in [-0.4, -0.2) is 39.0 Å². The predicted molar refractivity (Wildman–Crippen MR) is 111 cm³/mol. The van der Waals surface area contributed by atoms with Crippen LogP contribution in [-0.2, 0) is 10.0 Å². The average molecular weight is 440 g/mol. The highest BCUT2D eigenvalue weighted by molar-refractivity contribution is 7.89. The number of urea groups is 1. The minimum Gasteiger partial charge on any atom is -0.325 e. The molecule has 1 saturated heterocycles. The third-order valence-corrected chi connectivity index (χ3v) is 7.04. The number of sulfonamides is 1. The second-order valence-electron chi connectivity index (χ2n) is 7.08. The monoisotopic (exact) mass is 439 g/mol. The van der Waals surface area contributed by atoms with E-state index in [1.807, 2.05) is 0 Å². The van der Waals surface area contributed by atoms with Crippen LogP contribution in [0.1, 0.15) is 18.4 Å². The number of rotatable bonds is 5. The number of anilines is 1. The number of carbonyl (C=O) groups excluding carboxylic acids is 1. The van der Waals surface area contributed by atoms with E-state index in [2.05, 4.69) is 10.0 Å². The molecule has 6 nitrogen and oxygen atoms in total.